The van der Waals surface area contributed by atoms with Gasteiger partial charge in [0.05, 0.1) is 19.3 Å². The number of methoxy groups -OCH3 is 1. The van der Waals surface area contributed by atoms with E-state index in [0.29, 0.717) is 19.7 Å². The Hall–Kier alpha value is -2.69. The average Bonchev–Trinajstić information content (AvgIpc) is 3.01. The van der Waals surface area contributed by atoms with Crippen LogP contribution in [0.1, 0.15) is 16.7 Å². The fourth-order valence-corrected chi connectivity index (χ4v) is 2.89. The molecule has 2 aromatic carbocycles. The lowest BCUT2D eigenvalue weighted by molar-refractivity contribution is 0.181. The van der Waals surface area contributed by atoms with Gasteiger partial charge in [-0.1, -0.05) is 18.2 Å². The second-order valence-electron chi connectivity index (χ2n) is 5.87. The van der Waals surface area contributed by atoms with Crippen molar-refractivity contribution >= 4 is 17.5 Å². The third kappa shape index (κ3) is 3.15. The minimum atomic E-state index is -0.279. The first-order valence-corrected chi connectivity index (χ1v) is 8.01. The van der Waals surface area contributed by atoms with E-state index in [1.165, 1.54) is 0 Å². The quantitative estimate of drug-likeness (QED) is 0.906. The summed E-state index contributed by atoms with van der Waals surface area (Å²) in [5, 5.41) is 3.44. The minimum Gasteiger partial charge on any atom is -0.496 e. The molecule has 0 bridgehead atoms. The molecule has 0 spiro atoms. The lowest BCUT2D eigenvalue weighted by Gasteiger charge is -2.19. The molecule has 0 atom stereocenters. The Labute approximate surface area is 142 Å². The van der Waals surface area contributed by atoms with E-state index in [0.717, 1.165) is 33.8 Å². The van der Waals surface area contributed by atoms with E-state index in [4.69, 9.17) is 9.47 Å². The van der Waals surface area contributed by atoms with Crippen LogP contribution >= 0.6 is 0 Å². The number of anilines is 2. The Morgan fingerprint density at radius 1 is 1.25 bits per heavy atom. The molecular formula is C19H22N2O3. The molecular weight excluding hydrogens is 304 g/mol. The number of aryl methyl sites for hydroxylation is 1. The molecule has 1 heterocycles. The second-order valence-corrected chi connectivity index (χ2v) is 5.87. The number of rotatable bonds is 5. The molecule has 0 aliphatic carbocycles. The molecule has 5 heteroatoms. The SMILES string of the molecule is COc1cc(CNc2cccc(N3CCOC3=O)c2C)ccc1C. The molecule has 1 fully saturated rings. The van der Waals surface area contributed by atoms with Crippen LogP contribution in [0.3, 0.4) is 0 Å². The Kier molecular flexibility index (Phi) is 4.60. The van der Waals surface area contributed by atoms with Gasteiger partial charge in [-0.2, -0.15) is 0 Å². The van der Waals surface area contributed by atoms with Crippen LogP contribution in [0.15, 0.2) is 36.4 Å². The smallest absolute Gasteiger partial charge is 0.414 e. The summed E-state index contributed by atoms with van der Waals surface area (Å²) in [5.74, 6) is 0.889. The molecule has 126 valence electrons. The van der Waals surface area contributed by atoms with E-state index in [1.54, 1.807) is 12.0 Å². The van der Waals surface area contributed by atoms with Crippen LogP contribution in [-0.2, 0) is 11.3 Å². The van der Waals surface area contributed by atoms with E-state index >= 15 is 0 Å². The van der Waals surface area contributed by atoms with Crippen LogP contribution < -0.4 is 15.0 Å². The van der Waals surface area contributed by atoms with Crippen LogP contribution in [0.4, 0.5) is 16.2 Å². The molecule has 1 aliphatic rings. The summed E-state index contributed by atoms with van der Waals surface area (Å²) in [6, 6.07) is 12.1. The number of hydrogen-bond donors (Lipinski definition) is 1. The summed E-state index contributed by atoms with van der Waals surface area (Å²) in [5.41, 5.74) is 5.20. The van der Waals surface area contributed by atoms with Gasteiger partial charge in [0.1, 0.15) is 12.4 Å². The van der Waals surface area contributed by atoms with Crippen molar-refractivity contribution in [3.63, 3.8) is 0 Å². The highest BCUT2D eigenvalue weighted by atomic mass is 16.6. The van der Waals surface area contributed by atoms with Crippen molar-refractivity contribution < 1.29 is 14.3 Å². The van der Waals surface area contributed by atoms with Gasteiger partial charge < -0.3 is 14.8 Å². The summed E-state index contributed by atoms with van der Waals surface area (Å²) >= 11 is 0. The number of carbonyl (C=O) groups excluding carboxylic acids is 1. The number of benzene rings is 2. The fourth-order valence-electron chi connectivity index (χ4n) is 2.89. The second kappa shape index (κ2) is 6.83. The molecule has 0 saturated carbocycles. The molecule has 24 heavy (non-hydrogen) atoms. The average molecular weight is 326 g/mol. The highest BCUT2D eigenvalue weighted by Gasteiger charge is 2.25. The Morgan fingerprint density at radius 3 is 2.79 bits per heavy atom. The maximum absolute atomic E-state index is 11.8. The predicted molar refractivity (Wildman–Crippen MR) is 94.9 cm³/mol. The summed E-state index contributed by atoms with van der Waals surface area (Å²) in [4.78, 5) is 13.5. The van der Waals surface area contributed by atoms with Gasteiger partial charge in [-0.05, 0) is 48.7 Å². The largest absolute Gasteiger partial charge is 0.496 e. The molecule has 1 saturated heterocycles. The molecule has 3 rings (SSSR count). The zero-order valence-electron chi connectivity index (χ0n) is 14.3. The maximum atomic E-state index is 11.8. The molecule has 0 aromatic heterocycles. The van der Waals surface area contributed by atoms with E-state index in [9.17, 15) is 4.79 Å². The van der Waals surface area contributed by atoms with Crippen molar-refractivity contribution in [1.29, 1.82) is 0 Å². The van der Waals surface area contributed by atoms with Crippen LogP contribution in [-0.4, -0.2) is 26.4 Å². The third-order valence-electron chi connectivity index (χ3n) is 4.31. The highest BCUT2D eigenvalue weighted by molar-refractivity contribution is 5.91. The first-order chi connectivity index (χ1) is 11.6. The molecule has 0 unspecified atom stereocenters. The monoisotopic (exact) mass is 326 g/mol. The van der Waals surface area contributed by atoms with Crippen molar-refractivity contribution in [3.8, 4) is 5.75 Å². The minimum absolute atomic E-state index is 0.279. The number of ether oxygens (including phenoxy) is 2. The first kappa shape index (κ1) is 16.2. The van der Waals surface area contributed by atoms with Crippen LogP contribution in [0.5, 0.6) is 5.75 Å². The van der Waals surface area contributed by atoms with E-state index in [-0.39, 0.29) is 6.09 Å². The van der Waals surface area contributed by atoms with Gasteiger partial charge in [0, 0.05) is 12.2 Å². The Balaban J connectivity index is 1.77. The molecule has 2 aromatic rings. The number of hydrogen-bond acceptors (Lipinski definition) is 4. The number of cyclic esters (lactones) is 1. The van der Waals surface area contributed by atoms with Gasteiger partial charge in [0.2, 0.25) is 0 Å². The molecule has 1 amide bonds. The van der Waals surface area contributed by atoms with E-state index < -0.39 is 0 Å². The summed E-state index contributed by atoms with van der Waals surface area (Å²) in [6.07, 6.45) is -0.279. The van der Waals surface area contributed by atoms with Gasteiger partial charge in [-0.25, -0.2) is 4.79 Å². The molecule has 5 nitrogen and oxygen atoms in total. The van der Waals surface area contributed by atoms with Crippen molar-refractivity contribution in [1.82, 2.24) is 0 Å². The van der Waals surface area contributed by atoms with Gasteiger partial charge in [-0.3, -0.25) is 4.90 Å². The maximum Gasteiger partial charge on any atom is 0.414 e. The van der Waals surface area contributed by atoms with Crippen LogP contribution in [0.25, 0.3) is 0 Å². The Morgan fingerprint density at radius 2 is 2.08 bits per heavy atom. The third-order valence-corrected chi connectivity index (χ3v) is 4.31. The van der Waals surface area contributed by atoms with Gasteiger partial charge >= 0.3 is 6.09 Å². The van der Waals surface area contributed by atoms with E-state index in [2.05, 4.69) is 17.4 Å². The highest BCUT2D eigenvalue weighted by Crippen LogP contribution is 2.29. The predicted octanol–water partition coefficient (Wildman–Crippen LogP) is 3.88. The summed E-state index contributed by atoms with van der Waals surface area (Å²) < 4.78 is 10.4. The van der Waals surface area contributed by atoms with Crippen molar-refractivity contribution in [2.45, 2.75) is 20.4 Å². The number of nitrogens with zero attached hydrogens (tertiary/aromatic N) is 1. The van der Waals surface area contributed by atoms with Crippen LogP contribution in [0, 0.1) is 13.8 Å². The lowest BCUT2D eigenvalue weighted by atomic mass is 10.1. The molecule has 1 aliphatic heterocycles. The topological polar surface area (TPSA) is 50.8 Å². The number of carbonyl (C=O) groups is 1. The lowest BCUT2D eigenvalue weighted by Crippen LogP contribution is -2.24. The van der Waals surface area contributed by atoms with Crippen LogP contribution in [0.2, 0.25) is 0 Å². The normalized spacial score (nSPS) is 13.8. The van der Waals surface area contributed by atoms with Crippen molar-refractivity contribution in [2.75, 3.05) is 30.5 Å². The summed E-state index contributed by atoms with van der Waals surface area (Å²) in [7, 11) is 1.68. The summed E-state index contributed by atoms with van der Waals surface area (Å²) in [6.45, 7) is 5.76. The zero-order valence-corrected chi connectivity index (χ0v) is 14.3. The number of nitrogens with one attached hydrogen (secondary N) is 1. The van der Waals surface area contributed by atoms with Gasteiger partial charge in [0.15, 0.2) is 0 Å². The van der Waals surface area contributed by atoms with Crippen molar-refractivity contribution in [3.05, 3.63) is 53.1 Å². The first-order valence-electron chi connectivity index (χ1n) is 8.01. The molecule has 0 radical (unpaired) electrons. The fraction of sp³-hybridized carbons (Fsp3) is 0.316. The zero-order chi connectivity index (χ0) is 17.1. The van der Waals surface area contributed by atoms with E-state index in [1.807, 2.05) is 38.1 Å². The Bertz CT molecular complexity index is 758. The standard InChI is InChI=1S/C19H22N2O3/c1-13-7-8-15(11-18(13)23-3)12-20-16-5-4-6-17(14(16)2)21-9-10-24-19(21)22/h4-8,11,20H,9-10,12H2,1-3H3. The van der Waals surface area contributed by atoms with Gasteiger partial charge in [0.25, 0.3) is 0 Å². The van der Waals surface area contributed by atoms with Gasteiger partial charge in [-0.15, -0.1) is 0 Å². The number of amides is 1. The van der Waals surface area contributed by atoms with Crippen molar-refractivity contribution in [2.24, 2.45) is 0 Å². The molecule has 1 N–H and O–H groups in total.